The van der Waals surface area contributed by atoms with Crippen molar-refractivity contribution in [1.29, 1.82) is 0 Å². The molecule has 0 bridgehead atoms. The van der Waals surface area contributed by atoms with Gasteiger partial charge in [-0.3, -0.25) is 0 Å². The highest BCUT2D eigenvalue weighted by atomic mass is 35.5. The lowest BCUT2D eigenvalue weighted by molar-refractivity contribution is 0.997. The van der Waals surface area contributed by atoms with Gasteiger partial charge in [-0.2, -0.15) is 0 Å². The third-order valence-electron chi connectivity index (χ3n) is 2.66. The van der Waals surface area contributed by atoms with Gasteiger partial charge in [-0.25, -0.2) is 9.97 Å². The van der Waals surface area contributed by atoms with Gasteiger partial charge in [0.1, 0.15) is 17.5 Å². The fourth-order valence-electron chi connectivity index (χ4n) is 1.76. The summed E-state index contributed by atoms with van der Waals surface area (Å²) in [6.07, 6.45) is 0. The van der Waals surface area contributed by atoms with Crippen LogP contribution in [-0.4, -0.2) is 16.5 Å². The molecule has 0 aliphatic heterocycles. The van der Waals surface area contributed by atoms with Gasteiger partial charge in [0.05, 0.1) is 10.9 Å². The molecule has 0 amide bonds. The molecule has 6 heteroatoms. The van der Waals surface area contributed by atoms with Crippen LogP contribution in [0.15, 0.2) is 12.1 Å². The zero-order chi connectivity index (χ0) is 13.8. The first kappa shape index (κ1) is 14.1. The van der Waals surface area contributed by atoms with Crippen molar-refractivity contribution in [2.45, 2.75) is 27.3 Å². The van der Waals surface area contributed by atoms with Crippen molar-refractivity contribution in [2.24, 2.45) is 0 Å². The summed E-state index contributed by atoms with van der Waals surface area (Å²) in [4.78, 5) is 10.0. The van der Waals surface area contributed by atoms with Crippen LogP contribution < -0.4 is 10.6 Å². The van der Waals surface area contributed by atoms with Crippen LogP contribution in [0.25, 0.3) is 0 Å². The molecule has 0 aliphatic carbocycles. The van der Waals surface area contributed by atoms with Gasteiger partial charge in [0, 0.05) is 17.0 Å². The summed E-state index contributed by atoms with van der Waals surface area (Å²) in [5, 5.41) is 6.59. The van der Waals surface area contributed by atoms with Gasteiger partial charge >= 0.3 is 0 Å². The Kier molecular flexibility index (Phi) is 4.61. The van der Waals surface area contributed by atoms with Crippen molar-refractivity contribution in [2.75, 3.05) is 17.2 Å². The predicted molar refractivity (Wildman–Crippen MR) is 82.3 cm³/mol. The van der Waals surface area contributed by atoms with E-state index in [1.165, 1.54) is 4.88 Å². The van der Waals surface area contributed by atoms with Crippen molar-refractivity contribution in [3.63, 3.8) is 0 Å². The van der Waals surface area contributed by atoms with E-state index < -0.39 is 0 Å². The van der Waals surface area contributed by atoms with E-state index in [1.54, 1.807) is 11.3 Å². The summed E-state index contributed by atoms with van der Waals surface area (Å²) >= 11 is 7.50. The molecule has 0 aliphatic rings. The number of anilines is 2. The van der Waals surface area contributed by atoms with E-state index >= 15 is 0 Å². The standard InChI is InChI=1S/C13H17ClN4S/c1-4-15-12-8(2)13(18-9(3)17-12)16-7-10-5-6-11(14)19-10/h5-6H,4,7H2,1-3H3,(H2,15,16,17,18). The predicted octanol–water partition coefficient (Wildman–Crippen LogP) is 3.85. The second-order valence-corrected chi connectivity index (χ2v) is 5.98. The molecule has 0 saturated heterocycles. The highest BCUT2D eigenvalue weighted by Gasteiger charge is 2.08. The van der Waals surface area contributed by atoms with Crippen LogP contribution in [-0.2, 0) is 6.54 Å². The molecule has 102 valence electrons. The third kappa shape index (κ3) is 3.58. The van der Waals surface area contributed by atoms with E-state index in [9.17, 15) is 0 Å². The van der Waals surface area contributed by atoms with Gasteiger partial charge in [0.15, 0.2) is 0 Å². The van der Waals surface area contributed by atoms with Gasteiger partial charge in [-0.05, 0) is 32.9 Å². The molecule has 0 fully saturated rings. The summed E-state index contributed by atoms with van der Waals surface area (Å²) < 4.78 is 0.806. The smallest absolute Gasteiger partial charge is 0.135 e. The lowest BCUT2D eigenvalue weighted by atomic mass is 10.3. The molecule has 0 saturated carbocycles. The molecule has 2 rings (SSSR count). The topological polar surface area (TPSA) is 49.8 Å². The minimum absolute atomic E-state index is 0.722. The Morgan fingerprint density at radius 1 is 1.16 bits per heavy atom. The molecule has 2 aromatic rings. The molecule has 2 aromatic heterocycles. The minimum Gasteiger partial charge on any atom is -0.370 e. The third-order valence-corrected chi connectivity index (χ3v) is 3.89. The number of nitrogens with zero attached hydrogens (tertiary/aromatic N) is 2. The first-order chi connectivity index (χ1) is 9.10. The average molecular weight is 297 g/mol. The Labute approximate surface area is 122 Å². The molecule has 2 heterocycles. The van der Waals surface area contributed by atoms with Gasteiger partial charge in [-0.1, -0.05) is 11.6 Å². The van der Waals surface area contributed by atoms with E-state index in [4.69, 9.17) is 11.6 Å². The number of hydrogen-bond acceptors (Lipinski definition) is 5. The normalized spacial score (nSPS) is 10.5. The summed E-state index contributed by atoms with van der Waals surface area (Å²) in [6.45, 7) is 7.53. The molecule has 0 radical (unpaired) electrons. The summed E-state index contributed by atoms with van der Waals surface area (Å²) in [7, 11) is 0. The maximum absolute atomic E-state index is 5.92. The van der Waals surface area contributed by atoms with Gasteiger partial charge in [0.25, 0.3) is 0 Å². The molecule has 0 spiro atoms. The molecule has 4 nitrogen and oxygen atoms in total. The SMILES string of the molecule is CCNc1nc(C)nc(NCc2ccc(Cl)s2)c1C. The quantitative estimate of drug-likeness (QED) is 0.880. The first-order valence-corrected chi connectivity index (χ1v) is 7.36. The van der Waals surface area contributed by atoms with Crippen LogP contribution in [0.1, 0.15) is 23.2 Å². The van der Waals surface area contributed by atoms with E-state index in [0.29, 0.717) is 0 Å². The van der Waals surface area contributed by atoms with Crippen LogP contribution in [0.3, 0.4) is 0 Å². The van der Waals surface area contributed by atoms with Crippen molar-refractivity contribution in [3.05, 3.63) is 32.7 Å². The van der Waals surface area contributed by atoms with Crippen LogP contribution in [0, 0.1) is 13.8 Å². The van der Waals surface area contributed by atoms with Crippen molar-refractivity contribution in [1.82, 2.24) is 9.97 Å². The molecule has 0 unspecified atom stereocenters. The zero-order valence-electron chi connectivity index (χ0n) is 11.2. The van der Waals surface area contributed by atoms with E-state index in [1.807, 2.05) is 26.0 Å². The molecular weight excluding hydrogens is 280 g/mol. The molecule has 2 N–H and O–H groups in total. The molecular formula is C13H17ClN4S. The average Bonchev–Trinajstić information content (AvgIpc) is 2.78. The largest absolute Gasteiger partial charge is 0.370 e. The number of aromatic nitrogens is 2. The second kappa shape index (κ2) is 6.21. The molecule has 0 atom stereocenters. The number of halogens is 1. The van der Waals surface area contributed by atoms with Gasteiger partial charge < -0.3 is 10.6 Å². The van der Waals surface area contributed by atoms with E-state index in [-0.39, 0.29) is 0 Å². The monoisotopic (exact) mass is 296 g/mol. The zero-order valence-corrected chi connectivity index (χ0v) is 12.8. The highest BCUT2D eigenvalue weighted by molar-refractivity contribution is 7.16. The maximum Gasteiger partial charge on any atom is 0.135 e. The minimum atomic E-state index is 0.722. The Bertz CT molecular complexity index is 568. The summed E-state index contributed by atoms with van der Waals surface area (Å²) in [6, 6.07) is 3.93. The second-order valence-electron chi connectivity index (χ2n) is 4.18. The number of thiophene rings is 1. The van der Waals surface area contributed by atoms with Crippen molar-refractivity contribution in [3.8, 4) is 0 Å². The van der Waals surface area contributed by atoms with Crippen molar-refractivity contribution < 1.29 is 0 Å². The van der Waals surface area contributed by atoms with Crippen molar-refractivity contribution >= 4 is 34.6 Å². The Balaban J connectivity index is 2.15. The fourth-order valence-corrected chi connectivity index (χ4v) is 2.78. The van der Waals surface area contributed by atoms with Crippen LogP contribution >= 0.6 is 22.9 Å². The molecule has 19 heavy (non-hydrogen) atoms. The Hall–Kier alpha value is -1.33. The van der Waals surface area contributed by atoms with Gasteiger partial charge in [0.2, 0.25) is 0 Å². The number of hydrogen-bond donors (Lipinski definition) is 2. The number of nitrogens with one attached hydrogen (secondary N) is 2. The van der Waals surface area contributed by atoms with E-state index in [2.05, 4.69) is 27.5 Å². The first-order valence-electron chi connectivity index (χ1n) is 6.17. The van der Waals surface area contributed by atoms with Crippen LogP contribution in [0.4, 0.5) is 11.6 Å². The molecule has 0 aromatic carbocycles. The lowest BCUT2D eigenvalue weighted by Gasteiger charge is -2.13. The van der Waals surface area contributed by atoms with Gasteiger partial charge in [-0.15, -0.1) is 11.3 Å². The van der Waals surface area contributed by atoms with E-state index in [0.717, 1.165) is 40.4 Å². The van der Waals surface area contributed by atoms with Crippen LogP contribution in [0.2, 0.25) is 4.34 Å². The number of aryl methyl sites for hydroxylation is 1. The summed E-state index contributed by atoms with van der Waals surface area (Å²) in [5.41, 5.74) is 1.04. The maximum atomic E-state index is 5.92. The van der Waals surface area contributed by atoms with Crippen LogP contribution in [0.5, 0.6) is 0 Å². The lowest BCUT2D eigenvalue weighted by Crippen LogP contribution is -2.09. The summed E-state index contributed by atoms with van der Waals surface area (Å²) in [5.74, 6) is 2.52. The Morgan fingerprint density at radius 2 is 1.84 bits per heavy atom. The Morgan fingerprint density at radius 3 is 2.42 bits per heavy atom. The number of rotatable bonds is 5. The fraction of sp³-hybridized carbons (Fsp3) is 0.385. The highest BCUT2D eigenvalue weighted by Crippen LogP contribution is 2.24.